The number of carbonyl (C=O) groups excluding carboxylic acids is 2. The molecule has 1 saturated heterocycles. The van der Waals surface area contributed by atoms with E-state index in [1.165, 1.54) is 12.1 Å². The summed E-state index contributed by atoms with van der Waals surface area (Å²) >= 11 is 5.96. The molecule has 1 N–H and O–H groups in total. The predicted octanol–water partition coefficient (Wildman–Crippen LogP) is 3.45. The molecular weight excluding hydrogens is 319 g/mol. The smallest absolute Gasteiger partial charge is 0.247 e. The number of carbonyl (C=O) groups is 2. The number of nitrogens with one attached hydrogen (secondary N) is 1. The van der Waals surface area contributed by atoms with E-state index in [1.807, 2.05) is 0 Å². The van der Waals surface area contributed by atoms with Crippen molar-refractivity contribution in [1.82, 2.24) is 4.90 Å². The minimum atomic E-state index is -0.467. The van der Waals surface area contributed by atoms with E-state index in [9.17, 15) is 14.0 Å². The molecule has 1 aliphatic heterocycles. The molecule has 0 radical (unpaired) electrons. The van der Waals surface area contributed by atoms with Crippen molar-refractivity contribution in [2.45, 2.75) is 38.6 Å². The minimum absolute atomic E-state index is 0.0674. The van der Waals surface area contributed by atoms with Crippen molar-refractivity contribution in [3.63, 3.8) is 0 Å². The van der Waals surface area contributed by atoms with Gasteiger partial charge in [-0.05, 0) is 49.8 Å². The SMILES string of the molecule is C[C@@H]1C[C@H]1C(=O)N1CCCC[C@@H]1C(=O)Nc1ccc(F)cc1Cl. The third-order valence-electron chi connectivity index (χ3n) is 4.70. The first-order chi connectivity index (χ1) is 11.0. The summed E-state index contributed by atoms with van der Waals surface area (Å²) in [4.78, 5) is 26.8. The summed E-state index contributed by atoms with van der Waals surface area (Å²) in [7, 11) is 0. The fraction of sp³-hybridized carbons (Fsp3) is 0.529. The van der Waals surface area contributed by atoms with Gasteiger partial charge in [0, 0.05) is 12.5 Å². The molecule has 1 heterocycles. The molecule has 2 amide bonds. The van der Waals surface area contributed by atoms with E-state index in [0.29, 0.717) is 24.6 Å². The lowest BCUT2D eigenvalue weighted by Crippen LogP contribution is -2.50. The van der Waals surface area contributed by atoms with Gasteiger partial charge in [-0.15, -0.1) is 0 Å². The lowest BCUT2D eigenvalue weighted by molar-refractivity contribution is -0.141. The lowest BCUT2D eigenvalue weighted by atomic mass is 10.00. The van der Waals surface area contributed by atoms with Gasteiger partial charge >= 0.3 is 0 Å². The molecule has 1 aromatic rings. The Morgan fingerprint density at radius 2 is 2.09 bits per heavy atom. The van der Waals surface area contributed by atoms with E-state index in [0.717, 1.165) is 25.3 Å². The average molecular weight is 339 g/mol. The monoisotopic (exact) mass is 338 g/mol. The van der Waals surface area contributed by atoms with E-state index in [-0.39, 0.29) is 22.8 Å². The summed E-state index contributed by atoms with van der Waals surface area (Å²) < 4.78 is 13.1. The van der Waals surface area contributed by atoms with Crippen molar-refractivity contribution in [1.29, 1.82) is 0 Å². The minimum Gasteiger partial charge on any atom is -0.330 e. The van der Waals surface area contributed by atoms with E-state index in [1.54, 1.807) is 4.90 Å². The number of nitrogens with zero attached hydrogens (tertiary/aromatic N) is 1. The van der Waals surface area contributed by atoms with E-state index >= 15 is 0 Å². The van der Waals surface area contributed by atoms with E-state index < -0.39 is 11.9 Å². The lowest BCUT2D eigenvalue weighted by Gasteiger charge is -2.35. The highest BCUT2D eigenvalue weighted by atomic mass is 35.5. The van der Waals surface area contributed by atoms with Crippen molar-refractivity contribution >= 4 is 29.1 Å². The summed E-state index contributed by atoms with van der Waals surface area (Å²) in [6.45, 7) is 2.68. The number of amides is 2. The molecule has 6 heteroatoms. The van der Waals surface area contributed by atoms with Crippen LogP contribution in [0, 0.1) is 17.7 Å². The van der Waals surface area contributed by atoms with Gasteiger partial charge in [-0.25, -0.2) is 4.39 Å². The van der Waals surface area contributed by atoms with E-state index in [4.69, 9.17) is 11.6 Å². The molecule has 0 bridgehead atoms. The number of anilines is 1. The van der Waals surface area contributed by atoms with Gasteiger partial charge in [0.05, 0.1) is 10.7 Å². The summed E-state index contributed by atoms with van der Waals surface area (Å²) in [6.07, 6.45) is 3.40. The Bertz CT molecular complexity index is 637. The van der Waals surface area contributed by atoms with Crippen LogP contribution in [0.3, 0.4) is 0 Å². The van der Waals surface area contributed by atoms with Crippen molar-refractivity contribution in [2.24, 2.45) is 11.8 Å². The zero-order chi connectivity index (χ0) is 16.6. The van der Waals surface area contributed by atoms with Gasteiger partial charge in [0.1, 0.15) is 11.9 Å². The van der Waals surface area contributed by atoms with Crippen LogP contribution < -0.4 is 5.32 Å². The number of benzene rings is 1. The van der Waals surface area contributed by atoms with Gasteiger partial charge in [-0.3, -0.25) is 9.59 Å². The molecule has 1 saturated carbocycles. The first-order valence-electron chi connectivity index (χ1n) is 8.04. The molecular formula is C17H20ClFN2O2. The van der Waals surface area contributed by atoms with Gasteiger partial charge in [0.2, 0.25) is 11.8 Å². The Kier molecular flexibility index (Phi) is 4.57. The Balaban J connectivity index is 1.72. The third kappa shape index (κ3) is 3.50. The first kappa shape index (κ1) is 16.2. The third-order valence-corrected chi connectivity index (χ3v) is 5.02. The number of piperidine rings is 1. The van der Waals surface area contributed by atoms with Crippen molar-refractivity contribution in [2.75, 3.05) is 11.9 Å². The van der Waals surface area contributed by atoms with Crippen LogP contribution in [-0.2, 0) is 9.59 Å². The summed E-state index contributed by atoms with van der Waals surface area (Å²) in [5.74, 6) is -0.134. The molecule has 0 unspecified atom stereocenters. The Labute approximate surface area is 140 Å². The van der Waals surface area contributed by atoms with Crippen LogP contribution in [0.2, 0.25) is 5.02 Å². The molecule has 0 aromatic heterocycles. The number of rotatable bonds is 3. The van der Waals surface area contributed by atoms with Gasteiger partial charge in [-0.2, -0.15) is 0 Å². The van der Waals surface area contributed by atoms with Gasteiger partial charge in [0.15, 0.2) is 0 Å². The van der Waals surface area contributed by atoms with Crippen LogP contribution in [0.15, 0.2) is 18.2 Å². The second-order valence-corrected chi connectivity index (χ2v) is 6.88. The number of likely N-dealkylation sites (tertiary alicyclic amines) is 1. The molecule has 1 aromatic carbocycles. The van der Waals surface area contributed by atoms with Crippen LogP contribution in [0.25, 0.3) is 0 Å². The topological polar surface area (TPSA) is 49.4 Å². The number of hydrogen-bond donors (Lipinski definition) is 1. The highest BCUT2D eigenvalue weighted by Gasteiger charge is 2.44. The average Bonchev–Trinajstić information content (AvgIpc) is 3.26. The highest BCUT2D eigenvalue weighted by Crippen LogP contribution is 2.40. The molecule has 1 aliphatic carbocycles. The van der Waals surface area contributed by atoms with Gasteiger partial charge in [0.25, 0.3) is 0 Å². The quantitative estimate of drug-likeness (QED) is 0.917. The molecule has 0 spiro atoms. The maximum Gasteiger partial charge on any atom is 0.247 e. The summed E-state index contributed by atoms with van der Waals surface area (Å²) in [5.41, 5.74) is 0.371. The second kappa shape index (κ2) is 6.48. The summed E-state index contributed by atoms with van der Waals surface area (Å²) in [5, 5.41) is 2.89. The number of hydrogen-bond acceptors (Lipinski definition) is 2. The zero-order valence-electron chi connectivity index (χ0n) is 13.0. The zero-order valence-corrected chi connectivity index (χ0v) is 13.8. The normalized spacial score (nSPS) is 26.7. The van der Waals surface area contributed by atoms with E-state index in [2.05, 4.69) is 12.2 Å². The van der Waals surface area contributed by atoms with Crippen molar-refractivity contribution in [3.8, 4) is 0 Å². The molecule has 3 rings (SSSR count). The second-order valence-electron chi connectivity index (χ2n) is 6.48. The van der Waals surface area contributed by atoms with Gasteiger partial charge in [-0.1, -0.05) is 18.5 Å². The Morgan fingerprint density at radius 3 is 2.74 bits per heavy atom. The van der Waals surface area contributed by atoms with Crippen LogP contribution in [0.1, 0.15) is 32.6 Å². The molecule has 23 heavy (non-hydrogen) atoms. The Hall–Kier alpha value is -1.62. The molecule has 4 nitrogen and oxygen atoms in total. The fourth-order valence-electron chi connectivity index (χ4n) is 3.15. The van der Waals surface area contributed by atoms with Gasteiger partial charge < -0.3 is 10.2 Å². The highest BCUT2D eigenvalue weighted by molar-refractivity contribution is 6.33. The molecule has 2 aliphatic rings. The maximum atomic E-state index is 13.1. The maximum absolute atomic E-state index is 13.1. The number of halogens is 2. The van der Waals surface area contributed by atoms with Crippen molar-refractivity contribution < 1.29 is 14.0 Å². The first-order valence-corrected chi connectivity index (χ1v) is 8.41. The predicted molar refractivity (Wildman–Crippen MR) is 86.7 cm³/mol. The Morgan fingerprint density at radius 1 is 1.35 bits per heavy atom. The standard InChI is InChI=1S/C17H20ClFN2O2/c1-10-8-12(10)17(23)21-7-3-2-4-15(21)16(22)20-14-6-5-11(19)9-13(14)18/h5-6,9-10,12,15H,2-4,7-8H2,1H3,(H,20,22)/t10-,12-,15-/m1/s1. The molecule has 3 atom stereocenters. The molecule has 2 fully saturated rings. The van der Waals surface area contributed by atoms with Crippen LogP contribution in [-0.4, -0.2) is 29.3 Å². The largest absolute Gasteiger partial charge is 0.330 e. The molecule has 124 valence electrons. The summed E-state index contributed by atoms with van der Waals surface area (Å²) in [6, 6.07) is 3.38. The van der Waals surface area contributed by atoms with Crippen LogP contribution in [0.5, 0.6) is 0 Å². The fourth-order valence-corrected chi connectivity index (χ4v) is 3.37. The van der Waals surface area contributed by atoms with Crippen LogP contribution in [0.4, 0.5) is 10.1 Å². The van der Waals surface area contributed by atoms with Crippen molar-refractivity contribution in [3.05, 3.63) is 29.0 Å². The van der Waals surface area contributed by atoms with Crippen LogP contribution >= 0.6 is 11.6 Å².